The summed E-state index contributed by atoms with van der Waals surface area (Å²) >= 11 is 0. The molecular weight excluding hydrogens is 248 g/mol. The summed E-state index contributed by atoms with van der Waals surface area (Å²) in [7, 11) is 1.31. The van der Waals surface area contributed by atoms with Crippen molar-refractivity contribution >= 4 is 17.6 Å². The van der Waals surface area contributed by atoms with Gasteiger partial charge in [-0.1, -0.05) is 6.07 Å². The van der Waals surface area contributed by atoms with E-state index in [1.165, 1.54) is 7.11 Å². The van der Waals surface area contributed by atoms with Crippen LogP contribution in [0.5, 0.6) is 5.75 Å². The van der Waals surface area contributed by atoms with Crippen LogP contribution in [-0.4, -0.2) is 31.6 Å². The number of ether oxygens (including phenoxy) is 2. The number of benzene rings is 1. The van der Waals surface area contributed by atoms with Gasteiger partial charge in [-0.25, -0.2) is 0 Å². The molecule has 1 unspecified atom stereocenters. The van der Waals surface area contributed by atoms with Crippen LogP contribution in [0, 0.1) is 0 Å². The minimum absolute atomic E-state index is 0.0412. The number of nitrogens with two attached hydrogens (primary N) is 1. The van der Waals surface area contributed by atoms with Crippen LogP contribution in [0.15, 0.2) is 18.2 Å². The summed E-state index contributed by atoms with van der Waals surface area (Å²) in [6.45, 7) is 0.0412. The van der Waals surface area contributed by atoms with Crippen molar-refractivity contribution in [2.24, 2.45) is 5.73 Å². The maximum atomic E-state index is 11.2. The Balaban J connectivity index is 2.00. The van der Waals surface area contributed by atoms with Crippen LogP contribution in [0.3, 0.4) is 0 Å². The third kappa shape index (κ3) is 3.23. The Labute approximate surface area is 110 Å². The highest BCUT2D eigenvalue weighted by Crippen LogP contribution is 2.28. The first-order chi connectivity index (χ1) is 9.10. The summed E-state index contributed by atoms with van der Waals surface area (Å²) in [5.41, 5.74) is 7.30. The summed E-state index contributed by atoms with van der Waals surface area (Å²) in [6, 6.07) is 4.89. The standard InChI is InChI=1S/C13H16N2O4/c1-18-13(17)9(14)4-2-8-3-5-11-10(6-8)15-12(16)7-19-11/h3,5-6,9H,2,4,7,14H2,1H3,(H,15,16). The molecule has 0 fully saturated rings. The smallest absolute Gasteiger partial charge is 0.322 e. The predicted molar refractivity (Wildman–Crippen MR) is 68.9 cm³/mol. The third-order valence-corrected chi connectivity index (χ3v) is 2.92. The van der Waals surface area contributed by atoms with Gasteiger partial charge >= 0.3 is 5.97 Å². The molecule has 19 heavy (non-hydrogen) atoms. The Morgan fingerprint density at radius 2 is 2.37 bits per heavy atom. The van der Waals surface area contributed by atoms with Gasteiger partial charge in [0.05, 0.1) is 12.8 Å². The quantitative estimate of drug-likeness (QED) is 0.770. The van der Waals surface area contributed by atoms with Gasteiger partial charge in [0.2, 0.25) is 0 Å². The van der Waals surface area contributed by atoms with Crippen LogP contribution in [0.25, 0.3) is 0 Å². The lowest BCUT2D eigenvalue weighted by atomic mass is 10.0. The van der Waals surface area contributed by atoms with Gasteiger partial charge in [0.1, 0.15) is 11.8 Å². The molecule has 0 aromatic heterocycles. The summed E-state index contributed by atoms with van der Waals surface area (Å²) in [4.78, 5) is 22.4. The molecule has 0 spiro atoms. The van der Waals surface area contributed by atoms with E-state index in [1.807, 2.05) is 12.1 Å². The molecule has 6 nitrogen and oxygen atoms in total. The zero-order valence-electron chi connectivity index (χ0n) is 10.6. The van der Waals surface area contributed by atoms with E-state index >= 15 is 0 Å². The number of methoxy groups -OCH3 is 1. The number of anilines is 1. The highest BCUT2D eigenvalue weighted by atomic mass is 16.5. The number of rotatable bonds is 4. The van der Waals surface area contributed by atoms with E-state index in [2.05, 4.69) is 10.1 Å². The molecule has 0 saturated heterocycles. The largest absolute Gasteiger partial charge is 0.482 e. The molecule has 0 bridgehead atoms. The van der Waals surface area contributed by atoms with Crippen LogP contribution in [-0.2, 0) is 20.7 Å². The Morgan fingerprint density at radius 3 is 3.11 bits per heavy atom. The van der Waals surface area contributed by atoms with Gasteiger partial charge in [0.25, 0.3) is 5.91 Å². The maximum absolute atomic E-state index is 11.2. The molecule has 1 amide bonds. The first kappa shape index (κ1) is 13.4. The molecule has 1 aliphatic rings. The third-order valence-electron chi connectivity index (χ3n) is 2.92. The number of fused-ring (bicyclic) bond motifs is 1. The molecule has 0 radical (unpaired) electrons. The molecule has 2 rings (SSSR count). The Bertz CT molecular complexity index is 501. The van der Waals surface area contributed by atoms with Crippen molar-refractivity contribution < 1.29 is 19.1 Å². The highest BCUT2D eigenvalue weighted by Gasteiger charge is 2.17. The van der Waals surface area contributed by atoms with Gasteiger partial charge in [-0.3, -0.25) is 9.59 Å². The van der Waals surface area contributed by atoms with Crippen LogP contribution in [0.4, 0.5) is 5.69 Å². The van der Waals surface area contributed by atoms with Crippen LogP contribution >= 0.6 is 0 Å². The van der Waals surface area contributed by atoms with E-state index in [-0.39, 0.29) is 12.5 Å². The number of amides is 1. The first-order valence-electron chi connectivity index (χ1n) is 5.99. The van der Waals surface area contributed by atoms with Crippen molar-refractivity contribution in [1.29, 1.82) is 0 Å². The topological polar surface area (TPSA) is 90.6 Å². The van der Waals surface area contributed by atoms with E-state index in [0.717, 1.165) is 5.56 Å². The van der Waals surface area contributed by atoms with E-state index in [4.69, 9.17) is 10.5 Å². The van der Waals surface area contributed by atoms with Crippen LogP contribution < -0.4 is 15.8 Å². The fourth-order valence-corrected chi connectivity index (χ4v) is 1.88. The molecule has 0 aliphatic carbocycles. The molecule has 1 aromatic rings. The lowest BCUT2D eigenvalue weighted by molar-refractivity contribution is -0.142. The number of hydrogen-bond acceptors (Lipinski definition) is 5. The molecule has 102 valence electrons. The number of carbonyl (C=O) groups is 2. The average molecular weight is 264 g/mol. The second-order valence-corrected chi connectivity index (χ2v) is 4.34. The fraction of sp³-hybridized carbons (Fsp3) is 0.385. The molecule has 3 N–H and O–H groups in total. The second-order valence-electron chi connectivity index (χ2n) is 4.34. The lowest BCUT2D eigenvalue weighted by Gasteiger charge is -2.18. The summed E-state index contributed by atoms with van der Waals surface area (Å²) in [6.07, 6.45) is 1.11. The Morgan fingerprint density at radius 1 is 1.58 bits per heavy atom. The van der Waals surface area contributed by atoms with Gasteiger partial charge in [-0.05, 0) is 30.5 Å². The predicted octanol–water partition coefficient (Wildman–Crippen LogP) is 0.450. The molecule has 6 heteroatoms. The number of esters is 1. The van der Waals surface area contributed by atoms with E-state index in [0.29, 0.717) is 24.3 Å². The minimum atomic E-state index is -0.633. The number of hydrogen-bond donors (Lipinski definition) is 2. The molecular formula is C13H16N2O4. The van der Waals surface area contributed by atoms with Gasteiger partial charge in [-0.2, -0.15) is 0 Å². The van der Waals surface area contributed by atoms with Gasteiger partial charge in [0, 0.05) is 0 Å². The zero-order chi connectivity index (χ0) is 13.8. The molecule has 1 atom stereocenters. The SMILES string of the molecule is COC(=O)C(N)CCc1ccc2c(c1)NC(=O)CO2. The van der Waals surface area contributed by atoms with Gasteiger partial charge in [-0.15, -0.1) is 0 Å². The fourth-order valence-electron chi connectivity index (χ4n) is 1.88. The van der Waals surface area contributed by atoms with Crippen molar-refractivity contribution in [2.45, 2.75) is 18.9 Å². The van der Waals surface area contributed by atoms with Crippen LogP contribution in [0.2, 0.25) is 0 Å². The monoisotopic (exact) mass is 264 g/mol. The lowest BCUT2D eigenvalue weighted by Crippen LogP contribution is -2.32. The van der Waals surface area contributed by atoms with Crippen molar-refractivity contribution in [3.63, 3.8) is 0 Å². The molecule has 1 aliphatic heterocycles. The van der Waals surface area contributed by atoms with E-state index in [1.54, 1.807) is 6.07 Å². The normalized spacial score (nSPS) is 14.9. The van der Waals surface area contributed by atoms with Gasteiger partial charge in [0.15, 0.2) is 6.61 Å². The number of carbonyl (C=O) groups excluding carboxylic acids is 2. The summed E-state index contributed by atoms with van der Waals surface area (Å²) < 4.78 is 9.83. The van der Waals surface area contributed by atoms with E-state index < -0.39 is 12.0 Å². The molecule has 1 aromatic carbocycles. The van der Waals surface area contributed by atoms with Crippen molar-refractivity contribution in [2.75, 3.05) is 19.0 Å². The molecule has 0 saturated carbocycles. The summed E-state index contributed by atoms with van der Waals surface area (Å²) in [5, 5.41) is 2.74. The summed E-state index contributed by atoms with van der Waals surface area (Å²) in [5.74, 6) is 0.0612. The Hall–Kier alpha value is -2.08. The minimum Gasteiger partial charge on any atom is -0.482 e. The van der Waals surface area contributed by atoms with Crippen LogP contribution in [0.1, 0.15) is 12.0 Å². The Kier molecular flexibility index (Phi) is 4.01. The molecule has 1 heterocycles. The highest BCUT2D eigenvalue weighted by molar-refractivity contribution is 5.95. The number of nitrogens with one attached hydrogen (secondary N) is 1. The number of aryl methyl sites for hydroxylation is 1. The second kappa shape index (κ2) is 5.71. The first-order valence-corrected chi connectivity index (χ1v) is 5.99. The average Bonchev–Trinajstić information content (AvgIpc) is 2.43. The maximum Gasteiger partial charge on any atom is 0.322 e. The zero-order valence-corrected chi connectivity index (χ0v) is 10.6. The van der Waals surface area contributed by atoms with Crippen molar-refractivity contribution in [3.05, 3.63) is 23.8 Å². The van der Waals surface area contributed by atoms with Gasteiger partial charge < -0.3 is 20.5 Å². The van der Waals surface area contributed by atoms with Crippen molar-refractivity contribution in [1.82, 2.24) is 0 Å². The van der Waals surface area contributed by atoms with Crippen molar-refractivity contribution in [3.8, 4) is 5.75 Å². The van der Waals surface area contributed by atoms with E-state index in [9.17, 15) is 9.59 Å².